The topological polar surface area (TPSA) is 35.2 Å². The van der Waals surface area contributed by atoms with Gasteiger partial charge in [-0.2, -0.15) is 0 Å². The van der Waals surface area contributed by atoms with E-state index in [0.29, 0.717) is 18.1 Å². The largest absolute Gasteiger partial charge is 0.304 e. The number of hydrogen-bond acceptors (Lipinski definition) is 2. The van der Waals surface area contributed by atoms with E-state index < -0.39 is 0 Å². The summed E-state index contributed by atoms with van der Waals surface area (Å²) in [4.78, 5) is 4.38. The van der Waals surface area contributed by atoms with Gasteiger partial charge in [-0.25, -0.2) is 10.3 Å². The molecule has 0 heterocycles. The van der Waals surface area contributed by atoms with Crippen LogP contribution in [-0.4, -0.2) is 6.61 Å². The van der Waals surface area contributed by atoms with E-state index in [1.54, 1.807) is 6.07 Å². The SMILES string of the molecule is NOCCc1ccc(F)cc1Cl. The summed E-state index contributed by atoms with van der Waals surface area (Å²) in [5.74, 6) is 4.50. The normalized spacial score (nSPS) is 10.2. The van der Waals surface area contributed by atoms with Crippen LogP contribution < -0.4 is 5.90 Å². The standard InChI is InChI=1S/C8H9ClFNO/c9-8-5-7(10)2-1-6(8)3-4-12-11/h1-2,5H,3-4,11H2. The van der Waals surface area contributed by atoms with Gasteiger partial charge >= 0.3 is 0 Å². The summed E-state index contributed by atoms with van der Waals surface area (Å²) in [7, 11) is 0. The molecule has 0 saturated heterocycles. The van der Waals surface area contributed by atoms with Crippen LogP contribution in [0.15, 0.2) is 18.2 Å². The molecule has 0 amide bonds. The minimum atomic E-state index is -0.336. The molecule has 1 aromatic carbocycles. The van der Waals surface area contributed by atoms with Crippen molar-refractivity contribution in [1.82, 2.24) is 0 Å². The van der Waals surface area contributed by atoms with Crippen molar-refractivity contribution in [2.45, 2.75) is 6.42 Å². The van der Waals surface area contributed by atoms with Crippen LogP contribution in [0.25, 0.3) is 0 Å². The van der Waals surface area contributed by atoms with Crippen LogP contribution in [0.2, 0.25) is 5.02 Å². The molecule has 1 aromatic rings. The van der Waals surface area contributed by atoms with E-state index in [0.717, 1.165) is 5.56 Å². The minimum absolute atomic E-state index is 0.336. The summed E-state index contributed by atoms with van der Waals surface area (Å²) in [6.07, 6.45) is 0.593. The first kappa shape index (κ1) is 9.45. The van der Waals surface area contributed by atoms with Crippen LogP contribution in [0.5, 0.6) is 0 Å². The van der Waals surface area contributed by atoms with Crippen molar-refractivity contribution in [2.24, 2.45) is 5.90 Å². The zero-order chi connectivity index (χ0) is 8.97. The van der Waals surface area contributed by atoms with Gasteiger partial charge in [0.05, 0.1) is 6.61 Å². The maximum absolute atomic E-state index is 12.5. The molecular weight excluding hydrogens is 181 g/mol. The van der Waals surface area contributed by atoms with Crippen LogP contribution in [0.4, 0.5) is 4.39 Å². The first-order valence-electron chi connectivity index (χ1n) is 3.49. The summed E-state index contributed by atoms with van der Waals surface area (Å²) in [5, 5.41) is 0.409. The molecule has 0 aromatic heterocycles. The molecule has 0 saturated carbocycles. The Bertz CT molecular complexity index is 267. The van der Waals surface area contributed by atoms with Crippen molar-refractivity contribution in [3.05, 3.63) is 34.6 Å². The fourth-order valence-electron chi connectivity index (χ4n) is 0.893. The van der Waals surface area contributed by atoms with Gasteiger partial charge in [0.15, 0.2) is 0 Å². The number of rotatable bonds is 3. The Labute approximate surface area is 75.0 Å². The van der Waals surface area contributed by atoms with Crippen LogP contribution in [0, 0.1) is 5.82 Å². The lowest BCUT2D eigenvalue weighted by molar-refractivity contribution is 0.141. The second kappa shape index (κ2) is 4.40. The molecular formula is C8H9ClFNO. The molecule has 0 fully saturated rings. The maximum Gasteiger partial charge on any atom is 0.124 e. The Kier molecular flexibility index (Phi) is 3.47. The molecule has 0 unspecified atom stereocenters. The fourth-order valence-corrected chi connectivity index (χ4v) is 1.16. The molecule has 2 nitrogen and oxygen atoms in total. The molecule has 4 heteroatoms. The van der Waals surface area contributed by atoms with Gasteiger partial charge in [-0.1, -0.05) is 17.7 Å². The highest BCUT2D eigenvalue weighted by molar-refractivity contribution is 6.31. The monoisotopic (exact) mass is 189 g/mol. The van der Waals surface area contributed by atoms with E-state index in [2.05, 4.69) is 4.84 Å². The van der Waals surface area contributed by atoms with E-state index in [9.17, 15) is 4.39 Å². The molecule has 0 spiro atoms. The second-order valence-corrected chi connectivity index (χ2v) is 2.76. The molecule has 12 heavy (non-hydrogen) atoms. The van der Waals surface area contributed by atoms with Gasteiger partial charge in [-0.3, -0.25) is 0 Å². The molecule has 66 valence electrons. The quantitative estimate of drug-likeness (QED) is 0.738. The summed E-state index contributed by atoms with van der Waals surface area (Å²) in [5.41, 5.74) is 0.837. The maximum atomic E-state index is 12.5. The van der Waals surface area contributed by atoms with Gasteiger partial charge in [-0.15, -0.1) is 0 Å². The Morgan fingerprint density at radius 3 is 2.83 bits per heavy atom. The summed E-state index contributed by atoms with van der Waals surface area (Å²) in [6, 6.07) is 4.25. The predicted octanol–water partition coefficient (Wildman–Crippen LogP) is 1.91. The highest BCUT2D eigenvalue weighted by Crippen LogP contribution is 2.17. The van der Waals surface area contributed by atoms with Gasteiger partial charge in [0.2, 0.25) is 0 Å². The van der Waals surface area contributed by atoms with Crippen LogP contribution in [0.3, 0.4) is 0 Å². The summed E-state index contributed by atoms with van der Waals surface area (Å²) < 4.78 is 12.5. The molecule has 0 atom stereocenters. The van der Waals surface area contributed by atoms with Crippen molar-refractivity contribution >= 4 is 11.6 Å². The van der Waals surface area contributed by atoms with E-state index in [4.69, 9.17) is 17.5 Å². The molecule has 2 N–H and O–H groups in total. The first-order chi connectivity index (χ1) is 5.74. The Balaban J connectivity index is 2.72. The van der Waals surface area contributed by atoms with Gasteiger partial charge in [0, 0.05) is 5.02 Å². The van der Waals surface area contributed by atoms with Gasteiger partial charge in [0.1, 0.15) is 5.82 Å². The molecule has 1 rings (SSSR count). The van der Waals surface area contributed by atoms with Crippen LogP contribution >= 0.6 is 11.6 Å². The zero-order valence-electron chi connectivity index (χ0n) is 6.39. The van der Waals surface area contributed by atoms with Crippen molar-refractivity contribution < 1.29 is 9.23 Å². The molecule has 0 aliphatic heterocycles. The average Bonchev–Trinajstić information content (AvgIpc) is 2.03. The third-order valence-electron chi connectivity index (χ3n) is 1.50. The third-order valence-corrected chi connectivity index (χ3v) is 1.86. The highest BCUT2D eigenvalue weighted by atomic mass is 35.5. The lowest BCUT2D eigenvalue weighted by Gasteiger charge is -2.02. The fraction of sp³-hybridized carbons (Fsp3) is 0.250. The van der Waals surface area contributed by atoms with Crippen LogP contribution in [-0.2, 0) is 11.3 Å². The zero-order valence-corrected chi connectivity index (χ0v) is 7.14. The summed E-state index contributed by atoms with van der Waals surface area (Å²) in [6.45, 7) is 0.380. The smallest absolute Gasteiger partial charge is 0.124 e. The average molecular weight is 190 g/mol. The van der Waals surface area contributed by atoms with Crippen molar-refractivity contribution in [2.75, 3.05) is 6.61 Å². The molecule has 0 bridgehead atoms. The number of halogens is 2. The highest BCUT2D eigenvalue weighted by Gasteiger charge is 2.00. The second-order valence-electron chi connectivity index (χ2n) is 2.36. The molecule has 0 aliphatic carbocycles. The van der Waals surface area contributed by atoms with Gasteiger partial charge in [-0.05, 0) is 24.1 Å². The minimum Gasteiger partial charge on any atom is -0.304 e. The Morgan fingerprint density at radius 1 is 1.50 bits per heavy atom. The van der Waals surface area contributed by atoms with Crippen molar-refractivity contribution in [1.29, 1.82) is 0 Å². The van der Waals surface area contributed by atoms with Gasteiger partial charge in [0.25, 0.3) is 0 Å². The van der Waals surface area contributed by atoms with Crippen LogP contribution in [0.1, 0.15) is 5.56 Å². The lowest BCUT2D eigenvalue weighted by Crippen LogP contribution is -2.04. The Morgan fingerprint density at radius 2 is 2.25 bits per heavy atom. The number of benzene rings is 1. The predicted molar refractivity (Wildman–Crippen MR) is 45.3 cm³/mol. The van der Waals surface area contributed by atoms with E-state index >= 15 is 0 Å². The number of hydrogen-bond donors (Lipinski definition) is 1. The van der Waals surface area contributed by atoms with E-state index in [-0.39, 0.29) is 5.82 Å². The lowest BCUT2D eigenvalue weighted by atomic mass is 10.1. The van der Waals surface area contributed by atoms with E-state index in [1.807, 2.05) is 0 Å². The third kappa shape index (κ3) is 2.44. The van der Waals surface area contributed by atoms with Crippen molar-refractivity contribution in [3.8, 4) is 0 Å². The van der Waals surface area contributed by atoms with E-state index in [1.165, 1.54) is 12.1 Å². The Hall–Kier alpha value is -0.640. The first-order valence-corrected chi connectivity index (χ1v) is 3.87. The number of nitrogens with two attached hydrogens (primary N) is 1. The van der Waals surface area contributed by atoms with Crippen molar-refractivity contribution in [3.63, 3.8) is 0 Å². The molecule has 0 radical (unpaired) electrons. The molecule has 0 aliphatic rings. The summed E-state index contributed by atoms with van der Waals surface area (Å²) >= 11 is 5.73. The van der Waals surface area contributed by atoms with Gasteiger partial charge < -0.3 is 4.84 Å².